The van der Waals surface area contributed by atoms with Crippen LogP contribution in [0, 0.1) is 0 Å². The number of nitrogen functional groups attached to an aromatic ring is 1. The molecule has 0 fully saturated rings. The van der Waals surface area contributed by atoms with Crippen LogP contribution >= 0.6 is 22.9 Å². The molecule has 1 aliphatic rings. The number of halogens is 1. The second kappa shape index (κ2) is 8.26. The van der Waals surface area contributed by atoms with Crippen LogP contribution in [0.2, 0.25) is 5.02 Å². The van der Waals surface area contributed by atoms with E-state index in [2.05, 4.69) is 46.7 Å². The third kappa shape index (κ3) is 4.41. The van der Waals surface area contributed by atoms with Gasteiger partial charge in [-0.3, -0.25) is 0 Å². The molecule has 0 radical (unpaired) electrons. The summed E-state index contributed by atoms with van der Waals surface area (Å²) in [5.41, 5.74) is 10.8. The number of anilines is 1. The first-order valence-corrected chi connectivity index (χ1v) is 10.4. The van der Waals surface area contributed by atoms with E-state index >= 15 is 0 Å². The minimum absolute atomic E-state index is 0.464. The molecule has 4 rings (SSSR count). The SMILES string of the molecule is Nc1nc(-c2ccc(Cl)cc2)c(CCC2CC(c3ccccc3)=CCN2)s1. The normalized spacial score (nSPS) is 16.9. The summed E-state index contributed by atoms with van der Waals surface area (Å²) in [6.45, 7) is 0.920. The van der Waals surface area contributed by atoms with Crippen molar-refractivity contribution < 1.29 is 0 Å². The van der Waals surface area contributed by atoms with Gasteiger partial charge in [0.2, 0.25) is 0 Å². The van der Waals surface area contributed by atoms with Crippen molar-refractivity contribution in [2.75, 3.05) is 12.3 Å². The molecule has 3 aromatic rings. The lowest BCUT2D eigenvalue weighted by molar-refractivity contribution is 0.503. The van der Waals surface area contributed by atoms with E-state index in [9.17, 15) is 0 Å². The third-order valence-corrected chi connectivity index (χ3v) is 6.11. The molecule has 1 unspecified atom stereocenters. The number of benzene rings is 2. The second-order valence-corrected chi connectivity index (χ2v) is 8.33. The Hall–Kier alpha value is -2.14. The molecule has 0 saturated carbocycles. The lowest BCUT2D eigenvalue weighted by Crippen LogP contribution is -2.33. The highest BCUT2D eigenvalue weighted by molar-refractivity contribution is 7.15. The maximum Gasteiger partial charge on any atom is 0.180 e. The van der Waals surface area contributed by atoms with Crippen molar-refractivity contribution in [2.45, 2.75) is 25.3 Å². The van der Waals surface area contributed by atoms with Crippen molar-refractivity contribution >= 4 is 33.6 Å². The van der Waals surface area contributed by atoms with Gasteiger partial charge in [0.15, 0.2) is 5.13 Å². The van der Waals surface area contributed by atoms with Gasteiger partial charge in [0.25, 0.3) is 0 Å². The van der Waals surface area contributed by atoms with Crippen LogP contribution in [0.15, 0.2) is 60.7 Å². The molecule has 138 valence electrons. The van der Waals surface area contributed by atoms with E-state index in [1.807, 2.05) is 24.3 Å². The Morgan fingerprint density at radius 1 is 1.07 bits per heavy atom. The van der Waals surface area contributed by atoms with Crippen LogP contribution in [-0.4, -0.2) is 17.6 Å². The molecule has 1 atom stereocenters. The van der Waals surface area contributed by atoms with Crippen molar-refractivity contribution in [1.82, 2.24) is 10.3 Å². The van der Waals surface area contributed by atoms with Crippen LogP contribution in [0.3, 0.4) is 0 Å². The van der Waals surface area contributed by atoms with Gasteiger partial charge in [-0.15, -0.1) is 11.3 Å². The first kappa shape index (κ1) is 18.2. The number of nitrogens with two attached hydrogens (primary N) is 1. The monoisotopic (exact) mass is 395 g/mol. The number of hydrogen-bond donors (Lipinski definition) is 2. The number of aryl methyl sites for hydroxylation is 1. The fourth-order valence-corrected chi connectivity index (χ4v) is 4.54. The van der Waals surface area contributed by atoms with Crippen LogP contribution in [0.25, 0.3) is 16.8 Å². The molecule has 0 amide bonds. The Morgan fingerprint density at radius 3 is 2.63 bits per heavy atom. The van der Waals surface area contributed by atoms with Crippen LogP contribution in [0.5, 0.6) is 0 Å². The lowest BCUT2D eigenvalue weighted by Gasteiger charge is -2.24. The molecule has 0 spiro atoms. The summed E-state index contributed by atoms with van der Waals surface area (Å²) in [4.78, 5) is 5.80. The van der Waals surface area contributed by atoms with Gasteiger partial charge in [0.1, 0.15) is 0 Å². The second-order valence-electron chi connectivity index (χ2n) is 6.77. The molecular weight excluding hydrogens is 374 g/mol. The van der Waals surface area contributed by atoms with Gasteiger partial charge in [-0.2, -0.15) is 0 Å². The van der Waals surface area contributed by atoms with Crippen molar-refractivity contribution in [2.24, 2.45) is 0 Å². The van der Waals surface area contributed by atoms with Gasteiger partial charge in [-0.25, -0.2) is 4.98 Å². The van der Waals surface area contributed by atoms with Gasteiger partial charge >= 0.3 is 0 Å². The predicted molar refractivity (Wildman–Crippen MR) is 116 cm³/mol. The van der Waals surface area contributed by atoms with Crippen molar-refractivity contribution in [3.05, 3.63) is 76.1 Å². The zero-order valence-corrected chi connectivity index (χ0v) is 16.6. The standard InChI is InChI=1S/C22H22ClN3S/c23-18-8-6-16(7-9-18)21-20(27-22(24)26-21)11-10-19-14-17(12-13-25-19)15-4-2-1-3-5-15/h1-9,12,19,25H,10-11,13-14H2,(H2,24,26). The highest BCUT2D eigenvalue weighted by Gasteiger charge is 2.18. The number of nitrogens with zero attached hydrogens (tertiary/aromatic N) is 1. The maximum atomic E-state index is 6.01. The first-order valence-electron chi connectivity index (χ1n) is 9.18. The summed E-state index contributed by atoms with van der Waals surface area (Å²) in [5, 5.41) is 4.98. The zero-order chi connectivity index (χ0) is 18.6. The fraction of sp³-hybridized carbons (Fsp3) is 0.227. The molecular formula is C22H22ClN3S. The molecule has 1 aromatic heterocycles. The van der Waals surface area contributed by atoms with E-state index in [-0.39, 0.29) is 0 Å². The zero-order valence-electron chi connectivity index (χ0n) is 15.0. The summed E-state index contributed by atoms with van der Waals surface area (Å²) >= 11 is 7.61. The van der Waals surface area contributed by atoms with Crippen LogP contribution in [0.1, 0.15) is 23.3 Å². The number of rotatable bonds is 5. The van der Waals surface area contributed by atoms with Gasteiger partial charge in [-0.1, -0.05) is 60.1 Å². The molecule has 0 bridgehead atoms. The highest BCUT2D eigenvalue weighted by atomic mass is 35.5. The Morgan fingerprint density at radius 2 is 1.85 bits per heavy atom. The molecule has 1 aliphatic heterocycles. The Bertz CT molecular complexity index is 932. The minimum Gasteiger partial charge on any atom is -0.375 e. The number of thiazole rings is 1. The first-order chi connectivity index (χ1) is 13.2. The van der Waals surface area contributed by atoms with E-state index in [1.54, 1.807) is 11.3 Å². The van der Waals surface area contributed by atoms with Crippen LogP contribution < -0.4 is 11.1 Å². The summed E-state index contributed by atoms with van der Waals surface area (Å²) in [6.07, 6.45) is 5.38. The minimum atomic E-state index is 0.464. The molecule has 0 saturated heterocycles. The summed E-state index contributed by atoms with van der Waals surface area (Å²) in [6, 6.07) is 18.9. The number of hydrogen-bond acceptors (Lipinski definition) is 4. The topological polar surface area (TPSA) is 50.9 Å². The smallest absolute Gasteiger partial charge is 0.180 e. The van der Waals surface area contributed by atoms with E-state index in [4.69, 9.17) is 17.3 Å². The van der Waals surface area contributed by atoms with Gasteiger partial charge in [0.05, 0.1) is 5.69 Å². The summed E-state index contributed by atoms with van der Waals surface area (Å²) < 4.78 is 0. The van der Waals surface area contributed by atoms with E-state index < -0.39 is 0 Å². The van der Waals surface area contributed by atoms with Crippen molar-refractivity contribution in [3.63, 3.8) is 0 Å². The largest absolute Gasteiger partial charge is 0.375 e. The fourth-order valence-electron chi connectivity index (χ4n) is 3.54. The molecule has 0 aliphatic carbocycles. The molecule has 27 heavy (non-hydrogen) atoms. The predicted octanol–water partition coefficient (Wildman–Crippen LogP) is 5.42. The molecule has 3 N–H and O–H groups in total. The molecule has 5 heteroatoms. The lowest BCUT2D eigenvalue weighted by atomic mass is 9.93. The van der Waals surface area contributed by atoms with Gasteiger partial charge < -0.3 is 11.1 Å². The maximum absolute atomic E-state index is 6.01. The molecule has 2 aromatic carbocycles. The quantitative estimate of drug-likeness (QED) is 0.606. The number of aromatic nitrogens is 1. The van der Waals surface area contributed by atoms with E-state index in [0.29, 0.717) is 11.2 Å². The van der Waals surface area contributed by atoms with Gasteiger partial charge in [0, 0.05) is 28.0 Å². The van der Waals surface area contributed by atoms with Crippen molar-refractivity contribution in [3.8, 4) is 11.3 Å². The number of nitrogens with one attached hydrogen (secondary N) is 1. The van der Waals surface area contributed by atoms with Crippen LogP contribution in [-0.2, 0) is 6.42 Å². The summed E-state index contributed by atoms with van der Waals surface area (Å²) in [5.74, 6) is 0. The molecule has 3 nitrogen and oxygen atoms in total. The van der Waals surface area contributed by atoms with Gasteiger partial charge in [-0.05, 0) is 42.5 Å². The summed E-state index contributed by atoms with van der Waals surface area (Å²) in [7, 11) is 0. The molecule has 2 heterocycles. The Kier molecular flexibility index (Phi) is 5.58. The third-order valence-electron chi connectivity index (χ3n) is 4.92. The van der Waals surface area contributed by atoms with Crippen LogP contribution in [0.4, 0.5) is 5.13 Å². The average Bonchev–Trinajstić information content (AvgIpc) is 3.08. The Balaban J connectivity index is 1.45. The Labute approximate surface area is 168 Å². The average molecular weight is 396 g/mol. The van der Waals surface area contributed by atoms with E-state index in [1.165, 1.54) is 16.0 Å². The van der Waals surface area contributed by atoms with Crippen molar-refractivity contribution in [1.29, 1.82) is 0 Å². The van der Waals surface area contributed by atoms with E-state index in [0.717, 1.165) is 42.1 Å². The highest BCUT2D eigenvalue weighted by Crippen LogP contribution is 2.32.